The van der Waals surface area contributed by atoms with Gasteiger partial charge in [-0.1, -0.05) is 35.9 Å². The van der Waals surface area contributed by atoms with Gasteiger partial charge in [0.2, 0.25) is 0 Å². The maximum absolute atomic E-state index is 6.41. The molecule has 0 atom stereocenters. The number of aromatic nitrogens is 2. The summed E-state index contributed by atoms with van der Waals surface area (Å²) in [6.07, 6.45) is 0. The minimum atomic E-state index is 0.645. The van der Waals surface area contributed by atoms with Gasteiger partial charge in [0.05, 0.1) is 10.5 Å². The largest absolute Gasteiger partial charge is 0.373 e. The molecule has 1 N–H and O–H groups in total. The molecular weight excluding hydrogens is 282 g/mol. The second-order valence-corrected chi connectivity index (χ2v) is 5.43. The van der Waals surface area contributed by atoms with Crippen molar-refractivity contribution < 1.29 is 0 Å². The highest BCUT2D eigenvalue weighted by molar-refractivity contribution is 6.34. The van der Waals surface area contributed by atoms with Crippen LogP contribution < -0.4 is 5.32 Å². The van der Waals surface area contributed by atoms with Gasteiger partial charge >= 0.3 is 0 Å². The van der Waals surface area contributed by atoms with Gasteiger partial charge in [-0.25, -0.2) is 9.97 Å². The highest BCUT2D eigenvalue weighted by Gasteiger charge is 2.13. The van der Waals surface area contributed by atoms with Crippen LogP contribution in [0.1, 0.15) is 11.1 Å². The van der Waals surface area contributed by atoms with Gasteiger partial charge in [-0.15, -0.1) is 0 Å². The minimum Gasteiger partial charge on any atom is -0.373 e. The summed E-state index contributed by atoms with van der Waals surface area (Å²) in [6.45, 7) is 4.04. The van der Waals surface area contributed by atoms with Crippen molar-refractivity contribution in [1.82, 2.24) is 9.97 Å². The molecular formula is C17H16ClN3. The zero-order chi connectivity index (χ0) is 15.0. The molecule has 0 saturated heterocycles. The van der Waals surface area contributed by atoms with E-state index in [2.05, 4.69) is 28.3 Å². The number of anilines is 1. The monoisotopic (exact) mass is 297 g/mol. The van der Waals surface area contributed by atoms with E-state index in [9.17, 15) is 0 Å². The summed E-state index contributed by atoms with van der Waals surface area (Å²) >= 11 is 6.41. The topological polar surface area (TPSA) is 37.8 Å². The van der Waals surface area contributed by atoms with E-state index >= 15 is 0 Å². The molecule has 0 bridgehead atoms. The Bertz CT molecular complexity index is 828. The molecule has 106 valence electrons. The summed E-state index contributed by atoms with van der Waals surface area (Å²) in [4.78, 5) is 9.33. The molecule has 21 heavy (non-hydrogen) atoms. The molecule has 0 saturated carbocycles. The summed E-state index contributed by atoms with van der Waals surface area (Å²) < 4.78 is 0. The molecule has 2 aromatic carbocycles. The maximum atomic E-state index is 6.41. The number of hydrogen-bond donors (Lipinski definition) is 1. The number of nitrogens with zero attached hydrogens (tertiary/aromatic N) is 2. The van der Waals surface area contributed by atoms with Crippen molar-refractivity contribution in [2.24, 2.45) is 0 Å². The van der Waals surface area contributed by atoms with Crippen LogP contribution in [0.25, 0.3) is 22.3 Å². The molecule has 0 spiro atoms. The summed E-state index contributed by atoms with van der Waals surface area (Å²) in [5.74, 6) is 1.47. The molecule has 0 aliphatic heterocycles. The fourth-order valence-electron chi connectivity index (χ4n) is 2.48. The highest BCUT2D eigenvalue weighted by atomic mass is 35.5. The zero-order valence-electron chi connectivity index (χ0n) is 12.2. The first-order chi connectivity index (χ1) is 10.1. The van der Waals surface area contributed by atoms with Crippen LogP contribution in [-0.2, 0) is 0 Å². The van der Waals surface area contributed by atoms with Crippen molar-refractivity contribution in [2.45, 2.75) is 13.8 Å². The summed E-state index contributed by atoms with van der Waals surface area (Å²) in [5.41, 5.74) is 3.95. The Kier molecular flexibility index (Phi) is 3.52. The Morgan fingerprint density at radius 1 is 0.952 bits per heavy atom. The molecule has 0 radical (unpaired) electrons. The van der Waals surface area contributed by atoms with E-state index in [1.807, 2.05) is 44.3 Å². The summed E-state index contributed by atoms with van der Waals surface area (Å²) in [6, 6.07) is 12.0. The van der Waals surface area contributed by atoms with E-state index in [-0.39, 0.29) is 0 Å². The molecule has 0 fully saturated rings. The van der Waals surface area contributed by atoms with Crippen LogP contribution in [0.3, 0.4) is 0 Å². The lowest BCUT2D eigenvalue weighted by atomic mass is 10.1. The number of benzene rings is 2. The van der Waals surface area contributed by atoms with E-state index in [1.165, 1.54) is 0 Å². The van der Waals surface area contributed by atoms with E-state index in [0.29, 0.717) is 10.8 Å². The van der Waals surface area contributed by atoms with Crippen LogP contribution in [0, 0.1) is 13.8 Å². The number of hydrogen-bond acceptors (Lipinski definition) is 3. The smallest absolute Gasteiger partial charge is 0.163 e. The molecule has 3 aromatic rings. The Labute approximate surface area is 129 Å². The first-order valence-electron chi connectivity index (χ1n) is 6.82. The molecule has 0 aliphatic carbocycles. The lowest BCUT2D eigenvalue weighted by Crippen LogP contribution is -2.00. The fourth-order valence-corrected chi connectivity index (χ4v) is 2.69. The Morgan fingerprint density at radius 3 is 2.43 bits per heavy atom. The Balaban J connectivity index is 2.32. The number of fused-ring (bicyclic) bond motifs is 1. The van der Waals surface area contributed by atoms with Gasteiger partial charge in [0, 0.05) is 18.0 Å². The molecule has 1 aromatic heterocycles. The Hall–Kier alpha value is -2.13. The van der Waals surface area contributed by atoms with Crippen molar-refractivity contribution in [1.29, 1.82) is 0 Å². The van der Waals surface area contributed by atoms with Crippen LogP contribution in [0.15, 0.2) is 36.4 Å². The Morgan fingerprint density at radius 2 is 1.67 bits per heavy atom. The minimum absolute atomic E-state index is 0.645. The van der Waals surface area contributed by atoms with Crippen LogP contribution in [0.5, 0.6) is 0 Å². The van der Waals surface area contributed by atoms with Crippen LogP contribution in [0.4, 0.5) is 5.82 Å². The maximum Gasteiger partial charge on any atom is 0.163 e. The van der Waals surface area contributed by atoms with Gasteiger partial charge in [0.1, 0.15) is 5.82 Å². The van der Waals surface area contributed by atoms with Gasteiger partial charge in [0.25, 0.3) is 0 Å². The molecule has 1 heterocycles. The molecule has 4 heteroatoms. The van der Waals surface area contributed by atoms with E-state index < -0.39 is 0 Å². The van der Waals surface area contributed by atoms with Crippen molar-refractivity contribution in [2.75, 3.05) is 12.4 Å². The van der Waals surface area contributed by atoms with Gasteiger partial charge in [-0.05, 0) is 37.1 Å². The zero-order valence-corrected chi connectivity index (χ0v) is 13.0. The normalized spacial score (nSPS) is 10.9. The fraction of sp³-hybridized carbons (Fsp3) is 0.176. The number of aryl methyl sites for hydroxylation is 2. The predicted molar refractivity (Wildman–Crippen MR) is 89.0 cm³/mol. The average Bonchev–Trinajstić information content (AvgIpc) is 2.49. The predicted octanol–water partition coefficient (Wildman–Crippen LogP) is 4.61. The average molecular weight is 298 g/mol. The van der Waals surface area contributed by atoms with Crippen LogP contribution >= 0.6 is 11.6 Å². The SMILES string of the molecule is CNc1nc(-c2cccc(C)c2Cl)nc2cccc(C)c12. The molecule has 3 rings (SSSR count). The first kappa shape index (κ1) is 13.8. The van der Waals surface area contributed by atoms with Crippen LogP contribution in [0.2, 0.25) is 5.02 Å². The van der Waals surface area contributed by atoms with Crippen molar-refractivity contribution in [3.05, 3.63) is 52.5 Å². The lowest BCUT2D eigenvalue weighted by molar-refractivity contribution is 1.20. The second kappa shape index (κ2) is 5.34. The summed E-state index contributed by atoms with van der Waals surface area (Å²) in [7, 11) is 1.87. The third-order valence-electron chi connectivity index (χ3n) is 3.60. The van der Waals surface area contributed by atoms with Gasteiger partial charge in [-0.3, -0.25) is 0 Å². The molecule has 0 aliphatic rings. The quantitative estimate of drug-likeness (QED) is 0.750. The molecule has 0 unspecified atom stereocenters. The number of nitrogens with one attached hydrogen (secondary N) is 1. The standard InChI is InChI=1S/C17H16ClN3/c1-10-6-5-9-13-14(10)17(19-3)21-16(20-13)12-8-4-7-11(2)15(12)18/h4-9H,1-3H3,(H,19,20,21). The highest BCUT2D eigenvalue weighted by Crippen LogP contribution is 2.32. The third kappa shape index (κ3) is 2.34. The first-order valence-corrected chi connectivity index (χ1v) is 7.20. The van der Waals surface area contributed by atoms with Crippen molar-refractivity contribution in [3.8, 4) is 11.4 Å². The number of halogens is 1. The van der Waals surface area contributed by atoms with Crippen molar-refractivity contribution >= 4 is 28.3 Å². The third-order valence-corrected chi connectivity index (χ3v) is 4.10. The summed E-state index contributed by atoms with van der Waals surface area (Å²) in [5, 5.41) is 4.91. The van der Waals surface area contributed by atoms with E-state index in [4.69, 9.17) is 11.6 Å². The van der Waals surface area contributed by atoms with Gasteiger partial charge in [-0.2, -0.15) is 0 Å². The van der Waals surface area contributed by atoms with Gasteiger partial charge in [0.15, 0.2) is 5.82 Å². The molecule has 0 amide bonds. The number of rotatable bonds is 2. The van der Waals surface area contributed by atoms with Crippen LogP contribution in [-0.4, -0.2) is 17.0 Å². The molecule has 3 nitrogen and oxygen atoms in total. The van der Waals surface area contributed by atoms with E-state index in [1.54, 1.807) is 0 Å². The second-order valence-electron chi connectivity index (χ2n) is 5.05. The lowest BCUT2D eigenvalue weighted by Gasteiger charge is -2.11. The van der Waals surface area contributed by atoms with E-state index in [0.717, 1.165) is 33.4 Å². The van der Waals surface area contributed by atoms with Crippen molar-refractivity contribution in [3.63, 3.8) is 0 Å². The van der Waals surface area contributed by atoms with Gasteiger partial charge < -0.3 is 5.32 Å².